The molecule has 1 heterocycles. The highest BCUT2D eigenvalue weighted by Gasteiger charge is 2.13. The van der Waals surface area contributed by atoms with Crippen LogP contribution in [0.2, 0.25) is 0 Å². The molecule has 0 unspecified atom stereocenters. The summed E-state index contributed by atoms with van der Waals surface area (Å²) in [7, 11) is 0. The Morgan fingerprint density at radius 3 is 2.86 bits per heavy atom. The van der Waals surface area contributed by atoms with Crippen molar-refractivity contribution in [3.63, 3.8) is 0 Å². The van der Waals surface area contributed by atoms with Gasteiger partial charge < -0.3 is 9.52 Å². The number of aromatic hydroxyl groups is 1. The molecule has 4 heteroatoms. The third kappa shape index (κ3) is 2.31. The summed E-state index contributed by atoms with van der Waals surface area (Å²) >= 11 is 0. The average molecular weight is 279 g/mol. The topological polar surface area (TPSA) is 62.8 Å². The van der Waals surface area contributed by atoms with E-state index < -0.39 is 0 Å². The summed E-state index contributed by atoms with van der Waals surface area (Å²) in [4.78, 5) is 10.9. The lowest BCUT2D eigenvalue weighted by Gasteiger charge is -2.09. The number of rotatable bonds is 4. The van der Waals surface area contributed by atoms with Crippen molar-refractivity contribution in [2.45, 2.75) is 6.42 Å². The van der Waals surface area contributed by atoms with Crippen LogP contribution in [0.1, 0.15) is 5.56 Å². The van der Waals surface area contributed by atoms with Crippen LogP contribution in [0.15, 0.2) is 64.9 Å². The van der Waals surface area contributed by atoms with Crippen LogP contribution in [0, 0.1) is 4.91 Å². The van der Waals surface area contributed by atoms with Crippen molar-refractivity contribution >= 4 is 16.7 Å². The van der Waals surface area contributed by atoms with Crippen LogP contribution in [0.3, 0.4) is 0 Å². The lowest BCUT2D eigenvalue weighted by molar-refractivity contribution is 0.478. The smallest absolute Gasteiger partial charge is 0.152 e. The molecule has 0 atom stereocenters. The first-order valence-corrected chi connectivity index (χ1v) is 6.50. The van der Waals surface area contributed by atoms with E-state index in [1.54, 1.807) is 18.4 Å². The molecule has 0 saturated heterocycles. The van der Waals surface area contributed by atoms with Gasteiger partial charge in [0.15, 0.2) is 11.4 Å². The van der Waals surface area contributed by atoms with Crippen molar-refractivity contribution in [1.29, 1.82) is 0 Å². The minimum absolute atomic E-state index is 0.0386. The fraction of sp³-hybridized carbons (Fsp3) is 0.0588. The molecule has 1 N–H and O–H groups in total. The third-order valence-corrected chi connectivity index (χ3v) is 3.39. The van der Waals surface area contributed by atoms with Crippen LogP contribution in [0.4, 0.5) is 5.69 Å². The van der Waals surface area contributed by atoms with Gasteiger partial charge in [-0.1, -0.05) is 12.1 Å². The summed E-state index contributed by atoms with van der Waals surface area (Å²) in [5.41, 5.74) is 3.06. The molecule has 0 aliphatic heterocycles. The lowest BCUT2D eigenvalue weighted by atomic mass is 9.98. The van der Waals surface area contributed by atoms with Crippen molar-refractivity contribution in [1.82, 2.24) is 0 Å². The van der Waals surface area contributed by atoms with E-state index in [0.717, 1.165) is 22.1 Å². The molecule has 0 aliphatic carbocycles. The molecule has 0 fully saturated rings. The molecule has 3 aromatic rings. The second-order valence-electron chi connectivity index (χ2n) is 4.77. The molecular weight excluding hydrogens is 266 g/mol. The van der Waals surface area contributed by atoms with E-state index in [9.17, 15) is 10.0 Å². The number of hydrogen-bond donors (Lipinski definition) is 1. The van der Waals surface area contributed by atoms with E-state index in [2.05, 4.69) is 11.8 Å². The largest absolute Gasteiger partial charge is 0.505 e. The molecule has 0 radical (unpaired) electrons. The van der Waals surface area contributed by atoms with Gasteiger partial charge in [0, 0.05) is 10.9 Å². The summed E-state index contributed by atoms with van der Waals surface area (Å²) in [6.45, 7) is 3.69. The molecule has 0 amide bonds. The monoisotopic (exact) mass is 279 g/mol. The van der Waals surface area contributed by atoms with Gasteiger partial charge in [-0.25, -0.2) is 0 Å². The lowest BCUT2D eigenvalue weighted by Crippen LogP contribution is -1.86. The molecule has 21 heavy (non-hydrogen) atoms. The van der Waals surface area contributed by atoms with Gasteiger partial charge >= 0.3 is 0 Å². The molecule has 1 aromatic heterocycles. The minimum Gasteiger partial charge on any atom is -0.505 e. The minimum atomic E-state index is -0.111. The van der Waals surface area contributed by atoms with Crippen molar-refractivity contribution < 1.29 is 9.52 Å². The number of benzene rings is 2. The number of nitroso groups, excluding NO2 is 1. The molecule has 2 aromatic carbocycles. The quantitative estimate of drug-likeness (QED) is 0.544. The summed E-state index contributed by atoms with van der Waals surface area (Å²) in [5.74, 6) is -0.111. The second kappa shape index (κ2) is 5.25. The van der Waals surface area contributed by atoms with Crippen LogP contribution in [0.5, 0.6) is 5.75 Å². The van der Waals surface area contributed by atoms with E-state index in [0.29, 0.717) is 12.0 Å². The predicted molar refractivity (Wildman–Crippen MR) is 82.7 cm³/mol. The number of furan rings is 1. The number of fused-ring (bicyclic) bond motifs is 1. The number of nitrogens with zero attached hydrogens (tertiary/aromatic N) is 1. The van der Waals surface area contributed by atoms with Crippen molar-refractivity contribution in [2.75, 3.05) is 0 Å². The van der Waals surface area contributed by atoms with Crippen LogP contribution < -0.4 is 0 Å². The Morgan fingerprint density at radius 1 is 1.24 bits per heavy atom. The summed E-state index contributed by atoms with van der Waals surface area (Å²) in [5, 5.41) is 14.0. The van der Waals surface area contributed by atoms with Gasteiger partial charge in [-0.05, 0) is 53.1 Å². The standard InChI is InChI=1S/C17H13NO3/c1-2-3-11-8-14(17(19)15(9-11)18-20)12-4-5-16-13(10-12)6-7-21-16/h2,4-10,19H,1,3H2. The maximum Gasteiger partial charge on any atom is 0.152 e. The Kier molecular flexibility index (Phi) is 3.28. The fourth-order valence-electron chi connectivity index (χ4n) is 2.39. The van der Waals surface area contributed by atoms with Gasteiger partial charge in [0.25, 0.3) is 0 Å². The van der Waals surface area contributed by atoms with Gasteiger partial charge in [-0.15, -0.1) is 11.5 Å². The Morgan fingerprint density at radius 2 is 2.10 bits per heavy atom. The van der Waals surface area contributed by atoms with Crippen LogP contribution >= 0.6 is 0 Å². The predicted octanol–water partition coefficient (Wildman–Crippen LogP) is 4.93. The van der Waals surface area contributed by atoms with Gasteiger partial charge in [0.1, 0.15) is 5.58 Å². The van der Waals surface area contributed by atoms with Gasteiger partial charge in [0.2, 0.25) is 0 Å². The number of hydrogen-bond acceptors (Lipinski definition) is 4. The summed E-state index contributed by atoms with van der Waals surface area (Å²) in [6.07, 6.45) is 3.95. The SMILES string of the molecule is C=CCc1cc(N=O)c(O)c(-c2ccc3occc3c2)c1. The maximum atomic E-state index is 10.9. The Balaban J connectivity index is 2.21. The van der Waals surface area contributed by atoms with Gasteiger partial charge in [-0.3, -0.25) is 0 Å². The zero-order valence-corrected chi connectivity index (χ0v) is 11.2. The molecule has 0 spiro atoms. The molecular formula is C17H13NO3. The van der Waals surface area contributed by atoms with Crippen molar-refractivity contribution in [3.05, 3.63) is 65.8 Å². The highest BCUT2D eigenvalue weighted by Crippen LogP contribution is 2.39. The Hall–Kier alpha value is -2.88. The van der Waals surface area contributed by atoms with Crippen LogP contribution in [0.25, 0.3) is 22.1 Å². The highest BCUT2D eigenvalue weighted by molar-refractivity contribution is 5.86. The molecule has 0 saturated carbocycles. The van der Waals surface area contributed by atoms with Crippen molar-refractivity contribution in [3.8, 4) is 16.9 Å². The molecule has 0 aliphatic rings. The first-order chi connectivity index (χ1) is 10.2. The zero-order valence-electron chi connectivity index (χ0n) is 11.2. The summed E-state index contributed by atoms with van der Waals surface area (Å²) < 4.78 is 5.30. The van der Waals surface area contributed by atoms with E-state index in [1.165, 1.54) is 0 Å². The Bertz CT molecular complexity index is 833. The molecule has 3 rings (SSSR count). The molecule has 104 valence electrons. The fourth-order valence-corrected chi connectivity index (χ4v) is 2.39. The maximum absolute atomic E-state index is 10.9. The van der Waals surface area contributed by atoms with Gasteiger partial charge in [-0.2, -0.15) is 0 Å². The van der Waals surface area contributed by atoms with E-state index in [1.807, 2.05) is 30.3 Å². The number of phenolic OH excluding ortho intramolecular Hbond substituents is 1. The van der Waals surface area contributed by atoms with Crippen LogP contribution in [-0.2, 0) is 6.42 Å². The average Bonchev–Trinajstić information content (AvgIpc) is 2.96. The third-order valence-electron chi connectivity index (χ3n) is 3.39. The number of phenols is 1. The summed E-state index contributed by atoms with van der Waals surface area (Å²) in [6, 6.07) is 10.8. The highest BCUT2D eigenvalue weighted by atomic mass is 16.3. The van der Waals surface area contributed by atoms with Crippen molar-refractivity contribution in [2.24, 2.45) is 5.18 Å². The van der Waals surface area contributed by atoms with E-state index >= 15 is 0 Å². The van der Waals surface area contributed by atoms with E-state index in [-0.39, 0.29) is 11.4 Å². The first kappa shape index (κ1) is 13.1. The Labute approximate surface area is 121 Å². The molecule has 4 nitrogen and oxygen atoms in total. The normalized spacial score (nSPS) is 10.7. The van der Waals surface area contributed by atoms with Crippen LogP contribution in [-0.4, -0.2) is 5.11 Å². The second-order valence-corrected chi connectivity index (χ2v) is 4.77. The van der Waals surface area contributed by atoms with Gasteiger partial charge in [0.05, 0.1) is 6.26 Å². The van der Waals surface area contributed by atoms with E-state index in [4.69, 9.17) is 4.42 Å². The zero-order chi connectivity index (χ0) is 14.8. The first-order valence-electron chi connectivity index (χ1n) is 6.50. The number of allylic oxidation sites excluding steroid dienone is 1. The molecule has 0 bridgehead atoms.